The van der Waals surface area contributed by atoms with E-state index in [1.54, 1.807) is 0 Å². The van der Waals surface area contributed by atoms with Crippen molar-refractivity contribution >= 4 is 51.0 Å². The Hall–Kier alpha value is -3.88. The summed E-state index contributed by atoms with van der Waals surface area (Å²) in [6.45, 7) is 12.7. The molecular formula is C42H55N3O4S. The summed E-state index contributed by atoms with van der Waals surface area (Å²) >= 11 is 1.37. The molecule has 4 rings (SSSR count). The van der Waals surface area contributed by atoms with Crippen LogP contribution in [0.2, 0.25) is 0 Å². The van der Waals surface area contributed by atoms with E-state index in [0.717, 1.165) is 39.1 Å². The van der Waals surface area contributed by atoms with Gasteiger partial charge in [-0.05, 0) is 63.8 Å². The largest absolute Gasteiger partial charge is 0.390 e. The fourth-order valence-electron chi connectivity index (χ4n) is 6.33. The SMILES string of the molecule is CC[C@H](C)CNC(=O)C[C@@H](O)[C@H](CC(C)C)NC(=O)[C@@H](NC(=O)C(Cc1cccc2ccccc12)Cc1cccc2ccccc12)SC(C)C. The van der Waals surface area contributed by atoms with E-state index in [0.29, 0.717) is 31.7 Å². The van der Waals surface area contributed by atoms with Crippen LogP contribution in [0.25, 0.3) is 21.5 Å². The van der Waals surface area contributed by atoms with Gasteiger partial charge in [-0.1, -0.05) is 133 Å². The average molecular weight is 698 g/mol. The smallest absolute Gasteiger partial charge is 0.253 e. The van der Waals surface area contributed by atoms with Gasteiger partial charge in [-0.25, -0.2) is 0 Å². The number of benzene rings is 4. The fourth-order valence-corrected chi connectivity index (χ4v) is 7.25. The minimum Gasteiger partial charge on any atom is -0.390 e. The molecule has 7 nitrogen and oxygen atoms in total. The molecule has 0 aliphatic rings. The third-order valence-corrected chi connectivity index (χ3v) is 10.4. The third kappa shape index (κ3) is 11.3. The van der Waals surface area contributed by atoms with Crippen LogP contribution < -0.4 is 16.0 Å². The molecule has 0 saturated carbocycles. The molecule has 0 aliphatic heterocycles. The Kier molecular flexibility index (Phi) is 14.7. The summed E-state index contributed by atoms with van der Waals surface area (Å²) in [6, 6.07) is 28.1. The number of amides is 3. The standard InChI is InChI=1S/C42H55N3O4S/c1-7-29(6)26-43-39(47)25-38(46)37(22-27(2)3)44-41(49)42(50-28(4)5)45-40(48)34(23-32-18-12-16-30-14-8-10-20-35(30)32)24-33-19-13-17-31-15-9-11-21-36(31)33/h8-21,27-29,34,37-38,42,46H,7,22-26H2,1-6H3,(H,43,47)(H,44,49)(H,45,48)/t29-,37-,38+,42-/m0/s1. The Morgan fingerprint density at radius 1 is 0.720 bits per heavy atom. The molecule has 0 spiro atoms. The maximum Gasteiger partial charge on any atom is 0.253 e. The number of hydrogen-bond acceptors (Lipinski definition) is 5. The molecule has 4 aromatic rings. The first-order valence-electron chi connectivity index (χ1n) is 18.1. The zero-order valence-corrected chi connectivity index (χ0v) is 31.3. The molecule has 0 radical (unpaired) electrons. The summed E-state index contributed by atoms with van der Waals surface area (Å²) in [5.74, 6) is -0.785. The summed E-state index contributed by atoms with van der Waals surface area (Å²) in [5.41, 5.74) is 2.15. The molecule has 0 bridgehead atoms. The van der Waals surface area contributed by atoms with Gasteiger partial charge in [0.15, 0.2) is 5.37 Å². The molecular weight excluding hydrogens is 643 g/mol. The Morgan fingerprint density at radius 3 is 1.78 bits per heavy atom. The highest BCUT2D eigenvalue weighted by Gasteiger charge is 2.32. The Balaban J connectivity index is 1.58. The molecule has 0 aromatic heterocycles. The lowest BCUT2D eigenvalue weighted by atomic mass is 9.88. The molecule has 4 N–H and O–H groups in total. The predicted molar refractivity (Wildman–Crippen MR) is 208 cm³/mol. The van der Waals surface area contributed by atoms with E-state index in [1.807, 2.05) is 64.1 Å². The fraction of sp³-hybridized carbons (Fsp3) is 0.452. The molecule has 0 heterocycles. The molecule has 0 fully saturated rings. The lowest BCUT2D eigenvalue weighted by Gasteiger charge is -2.29. The lowest BCUT2D eigenvalue weighted by Crippen LogP contribution is -2.53. The summed E-state index contributed by atoms with van der Waals surface area (Å²) in [4.78, 5) is 41.1. The van der Waals surface area contributed by atoms with Gasteiger partial charge in [0, 0.05) is 17.7 Å². The average Bonchev–Trinajstić information content (AvgIpc) is 3.09. The number of aliphatic hydroxyl groups is 1. The number of rotatable bonds is 18. The van der Waals surface area contributed by atoms with Crippen molar-refractivity contribution in [2.75, 3.05) is 6.54 Å². The van der Waals surface area contributed by atoms with Crippen LogP contribution in [0.3, 0.4) is 0 Å². The van der Waals surface area contributed by atoms with E-state index >= 15 is 0 Å². The predicted octanol–water partition coefficient (Wildman–Crippen LogP) is 7.42. The van der Waals surface area contributed by atoms with Gasteiger partial charge in [0.05, 0.1) is 18.6 Å². The molecule has 4 atom stereocenters. The maximum atomic E-state index is 14.4. The molecule has 0 saturated heterocycles. The number of carbonyl (C=O) groups excluding carboxylic acids is 3. The van der Waals surface area contributed by atoms with Crippen molar-refractivity contribution in [1.29, 1.82) is 0 Å². The molecule has 0 unspecified atom stereocenters. The quantitative estimate of drug-likeness (QED) is 0.0810. The van der Waals surface area contributed by atoms with E-state index in [2.05, 4.69) is 78.3 Å². The summed E-state index contributed by atoms with van der Waals surface area (Å²) in [7, 11) is 0. The summed E-state index contributed by atoms with van der Waals surface area (Å²) < 4.78 is 0. The second-order valence-corrected chi connectivity index (χ2v) is 16.0. The minimum absolute atomic E-state index is 0.0421. The third-order valence-electron chi connectivity index (χ3n) is 9.24. The molecule has 4 aromatic carbocycles. The second kappa shape index (κ2) is 18.9. The summed E-state index contributed by atoms with van der Waals surface area (Å²) in [5, 5.41) is 23.8. The van der Waals surface area contributed by atoms with Gasteiger partial charge >= 0.3 is 0 Å². The highest BCUT2D eigenvalue weighted by molar-refractivity contribution is 8.01. The van der Waals surface area contributed by atoms with Crippen LogP contribution in [0, 0.1) is 17.8 Å². The van der Waals surface area contributed by atoms with Gasteiger partial charge in [0.1, 0.15) is 0 Å². The number of aliphatic hydroxyl groups excluding tert-OH is 1. The maximum absolute atomic E-state index is 14.4. The first-order chi connectivity index (χ1) is 23.9. The Labute approximate surface area is 302 Å². The normalized spacial score (nSPS) is 14.1. The molecule has 3 amide bonds. The van der Waals surface area contributed by atoms with Crippen molar-refractivity contribution in [2.24, 2.45) is 17.8 Å². The van der Waals surface area contributed by atoms with Gasteiger partial charge in [0.25, 0.3) is 5.91 Å². The van der Waals surface area contributed by atoms with Crippen molar-refractivity contribution < 1.29 is 19.5 Å². The van der Waals surface area contributed by atoms with E-state index < -0.39 is 23.4 Å². The van der Waals surface area contributed by atoms with Crippen molar-refractivity contribution in [3.63, 3.8) is 0 Å². The van der Waals surface area contributed by atoms with Crippen LogP contribution in [0.1, 0.15) is 71.9 Å². The van der Waals surface area contributed by atoms with Crippen LogP contribution in [0.5, 0.6) is 0 Å². The Morgan fingerprint density at radius 2 is 1.26 bits per heavy atom. The zero-order chi connectivity index (χ0) is 36.2. The highest BCUT2D eigenvalue weighted by Crippen LogP contribution is 2.27. The first-order valence-corrected chi connectivity index (χ1v) is 19.0. The molecule has 8 heteroatoms. The number of hydrogen-bond donors (Lipinski definition) is 4. The zero-order valence-electron chi connectivity index (χ0n) is 30.4. The van der Waals surface area contributed by atoms with E-state index in [1.165, 1.54) is 11.8 Å². The van der Waals surface area contributed by atoms with Gasteiger partial charge < -0.3 is 21.1 Å². The van der Waals surface area contributed by atoms with Crippen LogP contribution in [0.15, 0.2) is 84.9 Å². The topological polar surface area (TPSA) is 108 Å². The van der Waals surface area contributed by atoms with Gasteiger partial charge in [-0.2, -0.15) is 0 Å². The number of nitrogens with one attached hydrogen (secondary N) is 3. The van der Waals surface area contributed by atoms with Gasteiger partial charge in [-0.3, -0.25) is 14.4 Å². The van der Waals surface area contributed by atoms with Crippen LogP contribution >= 0.6 is 11.8 Å². The number of thioether (sulfide) groups is 1. The lowest BCUT2D eigenvalue weighted by molar-refractivity contribution is -0.130. The molecule has 268 valence electrons. The van der Waals surface area contributed by atoms with Gasteiger partial charge in [0.2, 0.25) is 11.8 Å². The van der Waals surface area contributed by atoms with Crippen LogP contribution in [-0.2, 0) is 27.2 Å². The first kappa shape index (κ1) is 38.9. The number of fused-ring (bicyclic) bond motifs is 2. The van der Waals surface area contributed by atoms with Crippen LogP contribution in [-0.4, -0.2) is 52.1 Å². The highest BCUT2D eigenvalue weighted by atomic mass is 32.2. The minimum atomic E-state index is -1.07. The van der Waals surface area contributed by atoms with Gasteiger partial charge in [-0.15, -0.1) is 11.8 Å². The summed E-state index contributed by atoms with van der Waals surface area (Å²) in [6.07, 6.45) is 1.25. The monoisotopic (exact) mass is 697 g/mol. The van der Waals surface area contributed by atoms with Crippen molar-refractivity contribution in [3.8, 4) is 0 Å². The van der Waals surface area contributed by atoms with E-state index in [-0.39, 0.29) is 35.3 Å². The van der Waals surface area contributed by atoms with Crippen molar-refractivity contribution in [2.45, 2.75) is 96.4 Å². The molecule has 50 heavy (non-hydrogen) atoms. The second-order valence-electron chi connectivity index (χ2n) is 14.3. The van der Waals surface area contributed by atoms with E-state index in [9.17, 15) is 19.5 Å². The van der Waals surface area contributed by atoms with Crippen LogP contribution in [0.4, 0.5) is 0 Å². The Bertz CT molecular complexity index is 1630. The van der Waals surface area contributed by atoms with Crippen molar-refractivity contribution in [1.82, 2.24) is 16.0 Å². The molecule has 0 aliphatic carbocycles. The van der Waals surface area contributed by atoms with E-state index in [4.69, 9.17) is 0 Å². The number of carbonyl (C=O) groups is 3. The van der Waals surface area contributed by atoms with Crippen molar-refractivity contribution in [3.05, 3.63) is 96.1 Å².